The van der Waals surface area contributed by atoms with E-state index in [1.165, 1.54) is 25.9 Å². The summed E-state index contributed by atoms with van der Waals surface area (Å²) in [5, 5.41) is 0. The number of halogens is 1. The first-order chi connectivity index (χ1) is 7.83. The van der Waals surface area contributed by atoms with E-state index in [0.717, 1.165) is 22.5 Å². The molecule has 4 heteroatoms. The number of nitrogens with zero attached hydrogens (tertiary/aromatic N) is 3. The molecule has 3 nitrogen and oxygen atoms in total. The summed E-state index contributed by atoms with van der Waals surface area (Å²) in [6, 6.07) is 6.10. The molecular formula is C12H14BrN3. The van der Waals surface area contributed by atoms with Gasteiger partial charge in [0.25, 0.3) is 0 Å². The molecule has 1 saturated heterocycles. The molecule has 0 amide bonds. The predicted molar refractivity (Wildman–Crippen MR) is 67.4 cm³/mol. The van der Waals surface area contributed by atoms with Crippen LogP contribution < -0.4 is 0 Å². The van der Waals surface area contributed by atoms with Crippen LogP contribution in [0.15, 0.2) is 29.0 Å². The van der Waals surface area contributed by atoms with Crippen molar-refractivity contribution in [3.05, 3.63) is 34.7 Å². The number of likely N-dealkylation sites (tertiary alicyclic amines) is 1. The van der Waals surface area contributed by atoms with Crippen LogP contribution in [0.4, 0.5) is 0 Å². The van der Waals surface area contributed by atoms with E-state index in [4.69, 9.17) is 0 Å². The summed E-state index contributed by atoms with van der Waals surface area (Å²) >= 11 is 3.53. The molecule has 0 aromatic carbocycles. The van der Waals surface area contributed by atoms with Crippen molar-refractivity contribution in [1.82, 2.24) is 14.3 Å². The van der Waals surface area contributed by atoms with Gasteiger partial charge in [0.15, 0.2) is 0 Å². The molecule has 2 aromatic rings. The van der Waals surface area contributed by atoms with Gasteiger partial charge in [-0.25, -0.2) is 4.98 Å². The fraction of sp³-hybridized carbons (Fsp3) is 0.417. The summed E-state index contributed by atoms with van der Waals surface area (Å²) in [4.78, 5) is 7.10. The predicted octanol–water partition coefficient (Wildman–Crippen LogP) is 2.69. The summed E-state index contributed by atoms with van der Waals surface area (Å²) < 4.78 is 3.15. The van der Waals surface area contributed by atoms with Crippen molar-refractivity contribution in [2.24, 2.45) is 0 Å². The van der Waals surface area contributed by atoms with Crippen LogP contribution in [0, 0.1) is 0 Å². The van der Waals surface area contributed by atoms with E-state index in [-0.39, 0.29) is 0 Å². The van der Waals surface area contributed by atoms with Crippen LogP contribution in [0.1, 0.15) is 18.5 Å². The van der Waals surface area contributed by atoms with E-state index < -0.39 is 0 Å². The van der Waals surface area contributed by atoms with Crippen molar-refractivity contribution in [1.29, 1.82) is 0 Å². The maximum Gasteiger partial charge on any atom is 0.137 e. The highest BCUT2D eigenvalue weighted by molar-refractivity contribution is 9.10. The number of pyridine rings is 1. The van der Waals surface area contributed by atoms with Crippen LogP contribution in [0.25, 0.3) is 5.65 Å². The Kier molecular flexibility index (Phi) is 2.69. The van der Waals surface area contributed by atoms with Gasteiger partial charge in [0.05, 0.1) is 10.3 Å². The van der Waals surface area contributed by atoms with Gasteiger partial charge in [-0.05, 0) is 54.0 Å². The Hall–Kier alpha value is -0.870. The van der Waals surface area contributed by atoms with E-state index in [1.54, 1.807) is 0 Å². The van der Waals surface area contributed by atoms with E-state index in [2.05, 4.69) is 36.4 Å². The monoisotopic (exact) mass is 279 g/mol. The molecule has 0 aliphatic carbocycles. The van der Waals surface area contributed by atoms with Gasteiger partial charge >= 0.3 is 0 Å². The van der Waals surface area contributed by atoms with Crippen molar-refractivity contribution >= 4 is 21.6 Å². The number of hydrogen-bond donors (Lipinski definition) is 0. The molecule has 0 N–H and O–H groups in total. The quantitative estimate of drug-likeness (QED) is 0.788. The lowest BCUT2D eigenvalue weighted by molar-refractivity contribution is 0.328. The summed E-state index contributed by atoms with van der Waals surface area (Å²) in [6.07, 6.45) is 4.78. The largest absolute Gasteiger partial charge is 0.297 e. The first-order valence-corrected chi connectivity index (χ1v) is 6.47. The maximum atomic E-state index is 4.63. The SMILES string of the molecule is Brc1cccc2nc(CN3CCCC3)cn12. The second kappa shape index (κ2) is 4.18. The average molecular weight is 280 g/mol. The van der Waals surface area contributed by atoms with E-state index in [1.807, 2.05) is 18.2 Å². The van der Waals surface area contributed by atoms with Gasteiger partial charge in [0.2, 0.25) is 0 Å². The van der Waals surface area contributed by atoms with Gasteiger partial charge < -0.3 is 0 Å². The van der Waals surface area contributed by atoms with Gasteiger partial charge in [-0.1, -0.05) is 6.07 Å². The lowest BCUT2D eigenvalue weighted by atomic mass is 10.4. The Bertz CT molecular complexity index is 500. The molecule has 0 atom stereocenters. The number of imidazole rings is 1. The highest BCUT2D eigenvalue weighted by Crippen LogP contribution is 2.16. The maximum absolute atomic E-state index is 4.63. The Labute approximate surface area is 103 Å². The average Bonchev–Trinajstić information content (AvgIpc) is 2.88. The molecule has 1 aliphatic heterocycles. The molecule has 2 aromatic heterocycles. The van der Waals surface area contributed by atoms with Gasteiger partial charge in [-0.3, -0.25) is 9.30 Å². The fourth-order valence-corrected chi connectivity index (χ4v) is 2.71. The van der Waals surface area contributed by atoms with Crippen molar-refractivity contribution in [2.75, 3.05) is 13.1 Å². The molecule has 3 heterocycles. The normalized spacial score (nSPS) is 17.3. The molecule has 0 radical (unpaired) electrons. The summed E-state index contributed by atoms with van der Waals surface area (Å²) in [5.41, 5.74) is 2.18. The Morgan fingerprint density at radius 2 is 2.06 bits per heavy atom. The van der Waals surface area contributed by atoms with Crippen molar-refractivity contribution in [3.8, 4) is 0 Å². The lowest BCUT2D eigenvalue weighted by Crippen LogP contribution is -2.18. The minimum Gasteiger partial charge on any atom is -0.297 e. The zero-order chi connectivity index (χ0) is 11.0. The Morgan fingerprint density at radius 1 is 1.25 bits per heavy atom. The van der Waals surface area contributed by atoms with Crippen LogP contribution in [-0.4, -0.2) is 27.4 Å². The summed E-state index contributed by atoms with van der Waals surface area (Å²) in [7, 11) is 0. The molecule has 1 fully saturated rings. The van der Waals surface area contributed by atoms with Gasteiger partial charge in [0.1, 0.15) is 5.65 Å². The zero-order valence-corrected chi connectivity index (χ0v) is 10.7. The van der Waals surface area contributed by atoms with Crippen molar-refractivity contribution in [2.45, 2.75) is 19.4 Å². The number of hydrogen-bond acceptors (Lipinski definition) is 2. The molecule has 3 rings (SSSR count). The Balaban J connectivity index is 1.90. The highest BCUT2D eigenvalue weighted by atomic mass is 79.9. The van der Waals surface area contributed by atoms with Crippen LogP contribution >= 0.6 is 15.9 Å². The smallest absolute Gasteiger partial charge is 0.137 e. The molecule has 84 valence electrons. The van der Waals surface area contributed by atoms with Crippen LogP contribution in [-0.2, 0) is 6.54 Å². The van der Waals surface area contributed by atoms with Gasteiger partial charge in [-0.15, -0.1) is 0 Å². The van der Waals surface area contributed by atoms with Crippen LogP contribution in [0.2, 0.25) is 0 Å². The number of aromatic nitrogens is 2. The molecule has 0 saturated carbocycles. The second-order valence-corrected chi connectivity index (χ2v) is 5.10. The van der Waals surface area contributed by atoms with Crippen molar-refractivity contribution < 1.29 is 0 Å². The topological polar surface area (TPSA) is 20.5 Å². The standard InChI is InChI=1S/C12H14BrN3/c13-11-4-3-5-12-14-10(9-16(11)12)8-15-6-1-2-7-15/h3-5,9H,1-2,6-8H2. The minimum absolute atomic E-state index is 0.980. The minimum atomic E-state index is 0.980. The van der Waals surface area contributed by atoms with E-state index >= 15 is 0 Å². The fourth-order valence-electron chi connectivity index (χ4n) is 2.27. The second-order valence-electron chi connectivity index (χ2n) is 4.29. The number of fused-ring (bicyclic) bond motifs is 1. The first kappa shape index (κ1) is 10.3. The van der Waals surface area contributed by atoms with Crippen LogP contribution in [0.3, 0.4) is 0 Å². The molecular weight excluding hydrogens is 266 g/mol. The zero-order valence-electron chi connectivity index (χ0n) is 9.06. The summed E-state index contributed by atoms with van der Waals surface area (Å²) in [6.45, 7) is 3.41. The lowest BCUT2D eigenvalue weighted by Gasteiger charge is -2.11. The molecule has 0 spiro atoms. The molecule has 1 aliphatic rings. The van der Waals surface area contributed by atoms with Gasteiger partial charge in [-0.2, -0.15) is 0 Å². The number of rotatable bonds is 2. The molecule has 0 unspecified atom stereocenters. The summed E-state index contributed by atoms with van der Waals surface area (Å²) in [5.74, 6) is 0. The Morgan fingerprint density at radius 3 is 2.81 bits per heavy atom. The van der Waals surface area contributed by atoms with E-state index in [0.29, 0.717) is 0 Å². The first-order valence-electron chi connectivity index (χ1n) is 5.68. The van der Waals surface area contributed by atoms with E-state index in [9.17, 15) is 0 Å². The highest BCUT2D eigenvalue weighted by Gasteiger charge is 2.13. The van der Waals surface area contributed by atoms with Gasteiger partial charge in [0, 0.05) is 12.7 Å². The molecule has 16 heavy (non-hydrogen) atoms. The third-order valence-electron chi connectivity index (χ3n) is 3.08. The van der Waals surface area contributed by atoms with Crippen molar-refractivity contribution in [3.63, 3.8) is 0 Å². The third kappa shape index (κ3) is 1.87. The van der Waals surface area contributed by atoms with Crippen LogP contribution in [0.5, 0.6) is 0 Å². The third-order valence-corrected chi connectivity index (χ3v) is 3.72. The molecule has 0 bridgehead atoms.